The van der Waals surface area contributed by atoms with Crippen LogP contribution in [0.4, 0.5) is 0 Å². The molecular weight excluding hydrogens is 518 g/mol. The van der Waals surface area contributed by atoms with Gasteiger partial charge in [-0.25, -0.2) is 4.79 Å². The first kappa shape index (κ1) is 30.5. The van der Waals surface area contributed by atoms with Crippen molar-refractivity contribution in [2.75, 3.05) is 0 Å². The lowest BCUT2D eigenvalue weighted by molar-refractivity contribution is -0.223. The van der Waals surface area contributed by atoms with Crippen molar-refractivity contribution in [1.29, 1.82) is 0 Å². The summed E-state index contributed by atoms with van der Waals surface area (Å²) in [7, 11) is 0. The summed E-state index contributed by atoms with van der Waals surface area (Å²) in [5.74, 6) is 1.01. The van der Waals surface area contributed by atoms with Crippen molar-refractivity contribution in [2.45, 2.75) is 116 Å². The van der Waals surface area contributed by atoms with Crippen LogP contribution in [-0.2, 0) is 20.9 Å². The number of aliphatic hydroxyl groups excluding tert-OH is 3. The molecule has 7 nitrogen and oxygen atoms in total. The molecule has 0 saturated heterocycles. The number of fused-ring (bicyclic) bond motifs is 5. The number of benzene rings is 1. The van der Waals surface area contributed by atoms with Crippen molar-refractivity contribution in [2.24, 2.45) is 46.3 Å². The number of carbonyl (C=O) groups excluding carboxylic acids is 2. The molecule has 0 bridgehead atoms. The van der Waals surface area contributed by atoms with E-state index in [0.717, 1.165) is 50.5 Å². The fourth-order valence-electron chi connectivity index (χ4n) is 10.0. The van der Waals surface area contributed by atoms with Gasteiger partial charge in [-0.15, -0.1) is 0 Å². The number of rotatable bonds is 8. The van der Waals surface area contributed by atoms with Crippen LogP contribution in [0, 0.1) is 46.3 Å². The number of carbonyl (C=O) groups is 2. The maximum atomic E-state index is 12.8. The topological polar surface area (TPSA) is 116 Å². The zero-order valence-electron chi connectivity index (χ0n) is 25.3. The molecule has 7 heteroatoms. The number of hydrogen-bond acceptors (Lipinski definition) is 6. The van der Waals surface area contributed by atoms with Crippen molar-refractivity contribution in [3.8, 4) is 0 Å². The van der Waals surface area contributed by atoms with Crippen LogP contribution in [0.1, 0.15) is 91.0 Å². The molecule has 5 unspecified atom stereocenters. The van der Waals surface area contributed by atoms with Crippen molar-refractivity contribution in [1.82, 2.24) is 5.32 Å². The van der Waals surface area contributed by atoms with Gasteiger partial charge in [0, 0.05) is 6.42 Å². The van der Waals surface area contributed by atoms with Gasteiger partial charge in [0.1, 0.15) is 12.6 Å². The zero-order valence-corrected chi connectivity index (χ0v) is 25.3. The number of aliphatic hydroxyl groups is 3. The molecule has 1 amide bonds. The summed E-state index contributed by atoms with van der Waals surface area (Å²) in [5.41, 5.74) is 0.946. The summed E-state index contributed by atoms with van der Waals surface area (Å²) in [6.45, 7) is 8.81. The van der Waals surface area contributed by atoms with E-state index in [9.17, 15) is 24.9 Å². The predicted molar refractivity (Wildman–Crippen MR) is 156 cm³/mol. The van der Waals surface area contributed by atoms with Gasteiger partial charge < -0.3 is 25.4 Å². The van der Waals surface area contributed by atoms with Crippen LogP contribution < -0.4 is 5.32 Å². The summed E-state index contributed by atoms with van der Waals surface area (Å²) < 4.78 is 5.37. The lowest BCUT2D eigenvalue weighted by atomic mass is 9.43. The number of nitrogens with one attached hydrogen (secondary N) is 1. The van der Waals surface area contributed by atoms with Gasteiger partial charge in [0.05, 0.1) is 18.3 Å². The summed E-state index contributed by atoms with van der Waals surface area (Å²) in [6, 6.07) is 8.80. The van der Waals surface area contributed by atoms with Gasteiger partial charge in [-0.05, 0) is 110 Å². The normalized spacial score (nSPS) is 41.3. The van der Waals surface area contributed by atoms with E-state index in [-0.39, 0.29) is 41.3 Å². The van der Waals surface area contributed by atoms with E-state index in [1.807, 2.05) is 30.3 Å². The average molecular weight is 570 g/mol. The number of ether oxygens (including phenoxy) is 1. The molecule has 4 N–H and O–H groups in total. The Labute approximate surface area is 245 Å². The SMILES string of the molecule is C[C@H](CCC(=O)N[C@H](C)C(=O)OCc1ccccc1)[C@H]1CCC2C3C(O)[C@H](O)C4C[C@H](O)CC[C@]4(C)C3CC[C@@]21C. The third-order valence-electron chi connectivity index (χ3n) is 12.3. The van der Waals surface area contributed by atoms with Crippen LogP contribution in [0.2, 0.25) is 0 Å². The first-order valence-electron chi connectivity index (χ1n) is 16.0. The zero-order chi connectivity index (χ0) is 29.5. The quantitative estimate of drug-likeness (QED) is 0.340. The Morgan fingerprint density at radius 1 is 0.927 bits per heavy atom. The van der Waals surface area contributed by atoms with Crippen molar-refractivity contribution < 1.29 is 29.6 Å². The minimum atomic E-state index is -0.778. The van der Waals surface area contributed by atoms with Gasteiger partial charge in [0.15, 0.2) is 0 Å². The highest BCUT2D eigenvalue weighted by atomic mass is 16.5. The van der Waals surface area contributed by atoms with Crippen LogP contribution in [0.5, 0.6) is 0 Å². The summed E-state index contributed by atoms with van der Waals surface area (Å²) in [5, 5.41) is 35.9. The Bertz CT molecular complexity index is 1080. The maximum absolute atomic E-state index is 12.8. The molecule has 0 heterocycles. The Kier molecular flexibility index (Phi) is 8.90. The average Bonchev–Trinajstić information content (AvgIpc) is 3.31. The van der Waals surface area contributed by atoms with Gasteiger partial charge in [0.2, 0.25) is 5.91 Å². The molecule has 4 saturated carbocycles. The fourth-order valence-corrected chi connectivity index (χ4v) is 10.0. The monoisotopic (exact) mass is 569 g/mol. The highest BCUT2D eigenvalue weighted by molar-refractivity contribution is 5.84. The number of amides is 1. The van der Waals surface area contributed by atoms with Crippen molar-refractivity contribution in [3.63, 3.8) is 0 Å². The number of hydrogen-bond donors (Lipinski definition) is 4. The minimum absolute atomic E-state index is 0.0371. The summed E-state index contributed by atoms with van der Waals surface area (Å²) >= 11 is 0. The Morgan fingerprint density at radius 2 is 1.61 bits per heavy atom. The molecule has 4 aliphatic carbocycles. The Hall–Kier alpha value is -1.96. The lowest BCUT2D eigenvalue weighted by Crippen LogP contribution is -2.64. The first-order valence-corrected chi connectivity index (χ1v) is 16.0. The molecular formula is C34H51NO6. The molecule has 0 radical (unpaired) electrons. The van der Waals surface area contributed by atoms with E-state index >= 15 is 0 Å². The Balaban J connectivity index is 1.16. The molecule has 4 fully saturated rings. The van der Waals surface area contributed by atoms with Crippen LogP contribution in [-0.4, -0.2) is 51.5 Å². The molecule has 0 aromatic heterocycles. The van der Waals surface area contributed by atoms with Crippen molar-refractivity contribution in [3.05, 3.63) is 35.9 Å². The second-order valence-electron chi connectivity index (χ2n) is 14.4. The van der Waals surface area contributed by atoms with Gasteiger partial charge >= 0.3 is 5.97 Å². The van der Waals surface area contributed by atoms with E-state index < -0.39 is 24.2 Å². The molecule has 1 aromatic rings. The standard InChI is InChI=1S/C34H51NO6/c1-20(10-13-28(37)35-21(2)32(40)41-19-22-8-6-5-7-9-22)24-11-12-25-29-26(15-17-33(24,25)3)34(4)16-14-23(36)18-27(34)30(38)31(29)39/h5-9,20-21,23-27,29-31,36,38-39H,10-19H2,1-4H3,(H,35,37)/t20-,21-,23-,24-,25?,26?,27?,29?,30-,31?,33-,34-/m1/s1. The first-order chi connectivity index (χ1) is 19.5. The van der Waals surface area contributed by atoms with E-state index in [2.05, 4.69) is 26.1 Å². The van der Waals surface area contributed by atoms with Gasteiger partial charge in [0.25, 0.3) is 0 Å². The third kappa shape index (κ3) is 5.71. The van der Waals surface area contributed by atoms with Gasteiger partial charge in [-0.2, -0.15) is 0 Å². The molecule has 228 valence electrons. The molecule has 41 heavy (non-hydrogen) atoms. The second-order valence-corrected chi connectivity index (χ2v) is 14.4. The predicted octanol–water partition coefficient (Wildman–Crippen LogP) is 4.61. The molecule has 12 atom stereocenters. The highest BCUT2D eigenvalue weighted by Crippen LogP contribution is 2.68. The van der Waals surface area contributed by atoms with E-state index in [1.54, 1.807) is 6.92 Å². The van der Waals surface area contributed by atoms with E-state index in [4.69, 9.17) is 4.74 Å². The highest BCUT2D eigenvalue weighted by Gasteiger charge is 2.65. The molecule has 5 rings (SSSR count). The lowest BCUT2D eigenvalue weighted by Gasteiger charge is -2.63. The van der Waals surface area contributed by atoms with E-state index in [1.165, 1.54) is 0 Å². The fraction of sp³-hybridized carbons (Fsp3) is 0.765. The maximum Gasteiger partial charge on any atom is 0.328 e. The molecule has 0 spiro atoms. The molecule has 1 aromatic carbocycles. The third-order valence-corrected chi connectivity index (χ3v) is 12.3. The van der Waals surface area contributed by atoms with Gasteiger partial charge in [-0.3, -0.25) is 4.79 Å². The van der Waals surface area contributed by atoms with Gasteiger partial charge in [-0.1, -0.05) is 51.1 Å². The van der Waals surface area contributed by atoms with Crippen LogP contribution in [0.15, 0.2) is 30.3 Å². The second kappa shape index (κ2) is 12.0. The molecule has 4 aliphatic rings. The smallest absolute Gasteiger partial charge is 0.328 e. The van der Waals surface area contributed by atoms with Crippen molar-refractivity contribution >= 4 is 11.9 Å². The number of esters is 1. The summed E-state index contributed by atoms with van der Waals surface area (Å²) in [6.07, 6.45) is 5.80. The summed E-state index contributed by atoms with van der Waals surface area (Å²) in [4.78, 5) is 25.2. The largest absolute Gasteiger partial charge is 0.459 e. The Morgan fingerprint density at radius 3 is 2.34 bits per heavy atom. The van der Waals surface area contributed by atoms with Crippen LogP contribution in [0.3, 0.4) is 0 Å². The van der Waals surface area contributed by atoms with E-state index in [0.29, 0.717) is 36.5 Å². The van der Waals surface area contributed by atoms with Crippen LogP contribution in [0.25, 0.3) is 0 Å². The molecule has 0 aliphatic heterocycles. The van der Waals surface area contributed by atoms with Crippen LogP contribution >= 0.6 is 0 Å². The minimum Gasteiger partial charge on any atom is -0.459 e.